The zero-order valence-corrected chi connectivity index (χ0v) is 11.5. The largest absolute Gasteiger partial charge is 0.373 e. The van der Waals surface area contributed by atoms with Crippen molar-refractivity contribution in [1.29, 1.82) is 0 Å². The molecule has 1 spiro atoms. The number of aliphatic imine (C=N–C) groups is 1. The number of nitrogens with two attached hydrogens (primary N) is 1. The Balaban J connectivity index is 1.87. The third-order valence-corrected chi connectivity index (χ3v) is 4.35. The first-order chi connectivity index (χ1) is 9.12. The second-order valence-corrected chi connectivity index (χ2v) is 5.64. The topological polar surface area (TPSA) is 50.8 Å². The summed E-state index contributed by atoms with van der Waals surface area (Å²) >= 11 is 0. The van der Waals surface area contributed by atoms with Crippen molar-refractivity contribution in [3.8, 4) is 0 Å². The Morgan fingerprint density at radius 1 is 1.37 bits per heavy atom. The highest BCUT2D eigenvalue weighted by Crippen LogP contribution is 2.39. The van der Waals surface area contributed by atoms with Crippen molar-refractivity contribution >= 4 is 5.96 Å². The quantitative estimate of drug-likeness (QED) is 0.880. The zero-order valence-electron chi connectivity index (χ0n) is 11.5. The minimum absolute atomic E-state index is 0.0562. The van der Waals surface area contributed by atoms with E-state index in [1.54, 1.807) is 0 Å². The maximum absolute atomic E-state index is 6.11. The molecular weight excluding hydrogens is 238 g/mol. The molecule has 0 aliphatic carbocycles. The van der Waals surface area contributed by atoms with Crippen LogP contribution < -0.4 is 5.73 Å². The van der Waals surface area contributed by atoms with Crippen molar-refractivity contribution in [2.24, 2.45) is 10.7 Å². The number of guanidine groups is 1. The molecule has 4 heteroatoms. The fourth-order valence-corrected chi connectivity index (χ4v) is 3.33. The van der Waals surface area contributed by atoms with E-state index in [0.29, 0.717) is 5.96 Å². The SMILES string of the molecule is CC1CC2(CN=C(N)N2Cc2ccccc2)C(C)O1. The second-order valence-electron chi connectivity index (χ2n) is 5.64. The Labute approximate surface area is 114 Å². The van der Waals surface area contributed by atoms with Crippen LogP contribution in [0.4, 0.5) is 0 Å². The normalized spacial score (nSPS) is 34.0. The third kappa shape index (κ3) is 2.00. The van der Waals surface area contributed by atoms with E-state index in [9.17, 15) is 0 Å². The van der Waals surface area contributed by atoms with Gasteiger partial charge >= 0.3 is 0 Å². The molecule has 0 radical (unpaired) electrons. The van der Waals surface area contributed by atoms with Gasteiger partial charge in [-0.05, 0) is 19.4 Å². The lowest BCUT2D eigenvalue weighted by atomic mass is 9.89. The molecule has 2 N–H and O–H groups in total. The lowest BCUT2D eigenvalue weighted by Gasteiger charge is -2.38. The molecule has 0 bridgehead atoms. The highest BCUT2D eigenvalue weighted by atomic mass is 16.5. The molecule has 1 aromatic carbocycles. The average molecular weight is 259 g/mol. The average Bonchev–Trinajstić information content (AvgIpc) is 2.85. The van der Waals surface area contributed by atoms with Crippen LogP contribution in [0.1, 0.15) is 25.8 Å². The third-order valence-electron chi connectivity index (χ3n) is 4.35. The first kappa shape index (κ1) is 12.5. The first-order valence-corrected chi connectivity index (χ1v) is 6.89. The van der Waals surface area contributed by atoms with Gasteiger partial charge in [0.05, 0.1) is 24.3 Å². The van der Waals surface area contributed by atoms with Gasteiger partial charge in [0.1, 0.15) is 0 Å². The molecule has 3 unspecified atom stereocenters. The molecule has 2 aliphatic rings. The lowest BCUT2D eigenvalue weighted by Crippen LogP contribution is -2.55. The summed E-state index contributed by atoms with van der Waals surface area (Å²) < 4.78 is 5.94. The van der Waals surface area contributed by atoms with Crippen LogP contribution in [0.3, 0.4) is 0 Å². The van der Waals surface area contributed by atoms with E-state index in [1.807, 2.05) is 6.07 Å². The fourth-order valence-electron chi connectivity index (χ4n) is 3.33. The van der Waals surface area contributed by atoms with Gasteiger partial charge in [-0.3, -0.25) is 4.99 Å². The molecule has 4 nitrogen and oxygen atoms in total. The number of hydrogen-bond donors (Lipinski definition) is 1. The van der Waals surface area contributed by atoms with Crippen LogP contribution in [-0.2, 0) is 11.3 Å². The maximum atomic E-state index is 6.11. The molecule has 102 valence electrons. The summed E-state index contributed by atoms with van der Waals surface area (Å²) in [6, 6.07) is 10.4. The number of hydrogen-bond acceptors (Lipinski definition) is 4. The molecule has 2 aliphatic heterocycles. The van der Waals surface area contributed by atoms with E-state index >= 15 is 0 Å². The van der Waals surface area contributed by atoms with Crippen LogP contribution in [0.15, 0.2) is 35.3 Å². The van der Waals surface area contributed by atoms with Gasteiger partial charge in [0.25, 0.3) is 0 Å². The Bertz CT molecular complexity index is 487. The molecule has 1 fully saturated rings. The van der Waals surface area contributed by atoms with Crippen molar-refractivity contribution < 1.29 is 4.74 Å². The predicted octanol–water partition coefficient (Wildman–Crippen LogP) is 1.75. The molecule has 0 amide bonds. The summed E-state index contributed by atoms with van der Waals surface area (Å²) in [5.74, 6) is 0.647. The van der Waals surface area contributed by atoms with Gasteiger partial charge in [0, 0.05) is 13.0 Å². The predicted molar refractivity (Wildman–Crippen MR) is 75.8 cm³/mol. The van der Waals surface area contributed by atoms with Crippen LogP contribution in [0, 0.1) is 0 Å². The van der Waals surface area contributed by atoms with E-state index in [1.165, 1.54) is 5.56 Å². The van der Waals surface area contributed by atoms with Gasteiger partial charge in [-0.25, -0.2) is 0 Å². The molecule has 1 saturated heterocycles. The monoisotopic (exact) mass is 259 g/mol. The summed E-state index contributed by atoms with van der Waals surface area (Å²) in [6.45, 7) is 5.81. The summed E-state index contributed by atoms with van der Waals surface area (Å²) in [7, 11) is 0. The first-order valence-electron chi connectivity index (χ1n) is 6.89. The number of nitrogens with zero attached hydrogens (tertiary/aromatic N) is 2. The second kappa shape index (κ2) is 4.53. The highest BCUT2D eigenvalue weighted by Gasteiger charge is 2.52. The molecule has 19 heavy (non-hydrogen) atoms. The van der Waals surface area contributed by atoms with Crippen LogP contribution in [0.25, 0.3) is 0 Å². The van der Waals surface area contributed by atoms with Crippen molar-refractivity contribution in [2.45, 2.75) is 44.6 Å². The van der Waals surface area contributed by atoms with E-state index in [2.05, 4.69) is 48.0 Å². The number of benzene rings is 1. The minimum atomic E-state index is -0.0562. The van der Waals surface area contributed by atoms with Crippen molar-refractivity contribution in [3.63, 3.8) is 0 Å². The van der Waals surface area contributed by atoms with Gasteiger partial charge in [-0.15, -0.1) is 0 Å². The smallest absolute Gasteiger partial charge is 0.192 e. The fraction of sp³-hybridized carbons (Fsp3) is 0.533. The van der Waals surface area contributed by atoms with Gasteiger partial charge < -0.3 is 15.4 Å². The Kier molecular flexibility index (Phi) is 2.97. The van der Waals surface area contributed by atoms with E-state index in [-0.39, 0.29) is 17.7 Å². The Morgan fingerprint density at radius 3 is 2.74 bits per heavy atom. The molecule has 2 heterocycles. The van der Waals surface area contributed by atoms with Crippen molar-refractivity contribution in [1.82, 2.24) is 4.90 Å². The molecule has 1 aromatic rings. The van der Waals surface area contributed by atoms with Gasteiger partial charge in [0.15, 0.2) is 5.96 Å². The van der Waals surface area contributed by atoms with Crippen molar-refractivity contribution in [2.75, 3.05) is 6.54 Å². The molecule has 3 atom stereocenters. The van der Waals surface area contributed by atoms with Gasteiger partial charge in [0.2, 0.25) is 0 Å². The van der Waals surface area contributed by atoms with Crippen LogP contribution in [0.2, 0.25) is 0 Å². The maximum Gasteiger partial charge on any atom is 0.192 e. The van der Waals surface area contributed by atoms with Crippen molar-refractivity contribution in [3.05, 3.63) is 35.9 Å². The lowest BCUT2D eigenvalue weighted by molar-refractivity contribution is 0.0263. The number of ether oxygens (including phenoxy) is 1. The Morgan fingerprint density at radius 2 is 2.11 bits per heavy atom. The van der Waals surface area contributed by atoms with E-state index in [4.69, 9.17) is 10.5 Å². The standard InChI is InChI=1S/C15H21N3O/c1-11-8-15(12(2)19-11)10-17-14(16)18(15)9-13-6-4-3-5-7-13/h3-7,11-12H,8-10H2,1-2H3,(H2,16,17). The van der Waals surface area contributed by atoms with E-state index < -0.39 is 0 Å². The summed E-state index contributed by atoms with van der Waals surface area (Å²) in [4.78, 5) is 6.71. The zero-order chi connectivity index (χ0) is 13.5. The minimum Gasteiger partial charge on any atom is -0.373 e. The molecule has 0 saturated carbocycles. The Hall–Kier alpha value is -1.55. The summed E-state index contributed by atoms with van der Waals surface area (Å²) in [5.41, 5.74) is 7.31. The molecule has 0 aromatic heterocycles. The highest BCUT2D eigenvalue weighted by molar-refractivity contribution is 5.81. The van der Waals surface area contributed by atoms with Crippen LogP contribution >= 0.6 is 0 Å². The van der Waals surface area contributed by atoms with Gasteiger partial charge in [-0.1, -0.05) is 30.3 Å². The van der Waals surface area contributed by atoms with Crippen LogP contribution in [0.5, 0.6) is 0 Å². The molecule has 3 rings (SSSR count). The summed E-state index contributed by atoms with van der Waals surface area (Å²) in [6.07, 6.45) is 1.43. The molecular formula is C15H21N3O. The van der Waals surface area contributed by atoms with Crippen LogP contribution in [-0.4, -0.2) is 35.2 Å². The summed E-state index contributed by atoms with van der Waals surface area (Å²) in [5, 5.41) is 0. The number of rotatable bonds is 2. The van der Waals surface area contributed by atoms with E-state index in [0.717, 1.165) is 19.5 Å². The van der Waals surface area contributed by atoms with Gasteiger partial charge in [-0.2, -0.15) is 0 Å².